The third-order valence-corrected chi connectivity index (χ3v) is 3.51. The molecule has 1 unspecified atom stereocenters. The Kier molecular flexibility index (Phi) is 2.83. The van der Waals surface area contributed by atoms with Crippen LogP contribution in [0.15, 0.2) is 35.2 Å². The zero-order chi connectivity index (χ0) is 11.8. The Balaban J connectivity index is 2.50. The number of halogens is 1. The summed E-state index contributed by atoms with van der Waals surface area (Å²) in [4.78, 5) is 11.8. The Morgan fingerprint density at radius 3 is 2.81 bits per heavy atom. The molecule has 0 aromatic heterocycles. The minimum Gasteiger partial charge on any atom is -0.294 e. The Hall–Kier alpha value is -1.18. The number of hydrogen-bond donors (Lipinski definition) is 0. The van der Waals surface area contributed by atoms with E-state index in [4.69, 9.17) is 0 Å². The van der Waals surface area contributed by atoms with Gasteiger partial charge < -0.3 is 0 Å². The van der Waals surface area contributed by atoms with Gasteiger partial charge in [-0.25, -0.2) is 4.39 Å². The first-order valence-corrected chi connectivity index (χ1v) is 5.89. The number of fused-ring (bicyclic) bond motifs is 1. The predicted molar refractivity (Wildman–Crippen MR) is 62.6 cm³/mol. The van der Waals surface area contributed by atoms with Crippen molar-refractivity contribution >= 4 is 5.78 Å². The van der Waals surface area contributed by atoms with Gasteiger partial charge in [0.05, 0.1) is 0 Å². The van der Waals surface area contributed by atoms with Gasteiger partial charge in [0, 0.05) is 17.4 Å². The van der Waals surface area contributed by atoms with Crippen molar-refractivity contribution in [3.8, 4) is 0 Å². The minimum atomic E-state index is -0.329. The van der Waals surface area contributed by atoms with Gasteiger partial charge in [-0.15, -0.1) is 0 Å². The van der Waals surface area contributed by atoms with E-state index in [1.165, 1.54) is 6.08 Å². The second-order valence-electron chi connectivity index (χ2n) is 4.89. The number of Topliss-reactive ketones (excluding diaryl/α,β-unsaturated/α-hetero) is 1. The van der Waals surface area contributed by atoms with Crippen LogP contribution in [0.1, 0.15) is 39.5 Å². The number of hydrogen-bond acceptors (Lipinski definition) is 1. The van der Waals surface area contributed by atoms with E-state index in [2.05, 4.69) is 0 Å². The summed E-state index contributed by atoms with van der Waals surface area (Å²) in [6, 6.07) is 0. The zero-order valence-electron chi connectivity index (χ0n) is 9.85. The van der Waals surface area contributed by atoms with E-state index in [1.54, 1.807) is 6.08 Å². The van der Waals surface area contributed by atoms with E-state index in [0.29, 0.717) is 6.42 Å². The summed E-state index contributed by atoms with van der Waals surface area (Å²) in [6.07, 6.45) is 8.18. The van der Waals surface area contributed by atoms with Crippen molar-refractivity contribution in [2.45, 2.75) is 39.5 Å². The highest BCUT2D eigenvalue weighted by molar-refractivity contribution is 6.01. The lowest BCUT2D eigenvalue weighted by atomic mass is 9.81. The van der Waals surface area contributed by atoms with E-state index < -0.39 is 0 Å². The van der Waals surface area contributed by atoms with E-state index in [-0.39, 0.29) is 17.0 Å². The summed E-state index contributed by atoms with van der Waals surface area (Å²) in [7, 11) is 0. The molecule has 0 N–H and O–H groups in total. The summed E-state index contributed by atoms with van der Waals surface area (Å²) in [6.45, 7) is 3.98. The molecule has 0 radical (unpaired) electrons. The summed E-state index contributed by atoms with van der Waals surface area (Å²) in [5, 5.41) is 0. The molecule has 86 valence electrons. The third-order valence-electron chi connectivity index (χ3n) is 3.51. The molecule has 2 heteroatoms. The second-order valence-corrected chi connectivity index (χ2v) is 4.89. The monoisotopic (exact) mass is 220 g/mol. The van der Waals surface area contributed by atoms with Gasteiger partial charge in [0.15, 0.2) is 5.78 Å². The first kappa shape index (κ1) is 11.3. The Morgan fingerprint density at radius 1 is 1.38 bits per heavy atom. The van der Waals surface area contributed by atoms with Crippen molar-refractivity contribution in [1.29, 1.82) is 0 Å². The molecule has 0 aromatic rings. The molecule has 0 amide bonds. The predicted octanol–water partition coefficient (Wildman–Crippen LogP) is 3.88. The smallest absolute Gasteiger partial charge is 0.162 e. The normalized spacial score (nSPS) is 29.9. The molecule has 2 aliphatic rings. The number of carbonyl (C=O) groups is 1. The van der Waals surface area contributed by atoms with Crippen LogP contribution in [0.25, 0.3) is 0 Å². The van der Waals surface area contributed by atoms with E-state index in [9.17, 15) is 9.18 Å². The van der Waals surface area contributed by atoms with Gasteiger partial charge in [0.25, 0.3) is 0 Å². The summed E-state index contributed by atoms with van der Waals surface area (Å²) >= 11 is 0. The largest absolute Gasteiger partial charge is 0.294 e. The van der Waals surface area contributed by atoms with Crippen LogP contribution in [-0.4, -0.2) is 5.78 Å². The second kappa shape index (κ2) is 4.00. The van der Waals surface area contributed by atoms with Gasteiger partial charge in [-0.05, 0) is 37.0 Å². The minimum absolute atomic E-state index is 0.167. The molecule has 0 bridgehead atoms. The summed E-state index contributed by atoms with van der Waals surface area (Å²) < 4.78 is 13.7. The van der Waals surface area contributed by atoms with Gasteiger partial charge in [-0.1, -0.05) is 19.9 Å². The van der Waals surface area contributed by atoms with Crippen molar-refractivity contribution in [2.24, 2.45) is 5.41 Å². The Labute approximate surface area is 95.7 Å². The zero-order valence-corrected chi connectivity index (χ0v) is 9.85. The van der Waals surface area contributed by atoms with Crippen LogP contribution in [-0.2, 0) is 4.79 Å². The molecule has 1 saturated carbocycles. The van der Waals surface area contributed by atoms with Crippen molar-refractivity contribution < 1.29 is 9.18 Å². The van der Waals surface area contributed by atoms with Crippen LogP contribution in [0.3, 0.4) is 0 Å². The first-order chi connectivity index (χ1) is 7.54. The molecule has 0 saturated heterocycles. The maximum atomic E-state index is 13.7. The third kappa shape index (κ3) is 2.01. The van der Waals surface area contributed by atoms with E-state index >= 15 is 0 Å². The highest BCUT2D eigenvalue weighted by atomic mass is 19.1. The first-order valence-electron chi connectivity index (χ1n) is 5.89. The molecular weight excluding hydrogens is 203 g/mol. The quantitative estimate of drug-likeness (QED) is 0.655. The molecule has 0 heterocycles. The van der Waals surface area contributed by atoms with Crippen molar-refractivity contribution in [2.75, 3.05) is 0 Å². The van der Waals surface area contributed by atoms with Gasteiger partial charge in [0.1, 0.15) is 5.83 Å². The highest BCUT2D eigenvalue weighted by Crippen LogP contribution is 2.37. The summed E-state index contributed by atoms with van der Waals surface area (Å²) in [5.74, 6) is -0.0411. The fraction of sp³-hybridized carbons (Fsp3) is 0.500. The maximum absolute atomic E-state index is 13.7. The fourth-order valence-corrected chi connectivity index (χ4v) is 2.31. The molecule has 0 spiro atoms. The molecule has 0 aromatic carbocycles. The molecule has 16 heavy (non-hydrogen) atoms. The molecule has 1 atom stereocenters. The average molecular weight is 220 g/mol. The number of ketones is 1. The fourth-order valence-electron chi connectivity index (χ4n) is 2.31. The molecule has 0 aliphatic heterocycles. The highest BCUT2D eigenvalue weighted by Gasteiger charge is 2.27. The van der Waals surface area contributed by atoms with Crippen LogP contribution in [0.5, 0.6) is 0 Å². The molecule has 2 rings (SSSR count). The Bertz CT molecular complexity index is 414. The molecular formula is C14H17FO. The van der Waals surface area contributed by atoms with E-state index in [1.807, 2.05) is 19.9 Å². The van der Waals surface area contributed by atoms with Crippen LogP contribution in [0.2, 0.25) is 0 Å². The van der Waals surface area contributed by atoms with Crippen LogP contribution >= 0.6 is 0 Å². The molecule has 1 nitrogen and oxygen atoms in total. The van der Waals surface area contributed by atoms with Crippen LogP contribution in [0, 0.1) is 5.41 Å². The van der Waals surface area contributed by atoms with Gasteiger partial charge >= 0.3 is 0 Å². The number of carbonyl (C=O) groups excluding carboxylic acids is 1. The topological polar surface area (TPSA) is 17.1 Å². The van der Waals surface area contributed by atoms with Crippen molar-refractivity contribution in [1.82, 2.24) is 0 Å². The standard InChI is InChI=1S/C14H17FO/c1-3-14(2)8-11(15)7-10-5-4-6-13(16)12(10)9-14/h7-9H,3-6H2,1-2H3. The summed E-state index contributed by atoms with van der Waals surface area (Å²) in [5.41, 5.74) is 1.30. The average Bonchev–Trinajstić information content (AvgIpc) is 2.35. The van der Waals surface area contributed by atoms with Gasteiger partial charge in [-0.3, -0.25) is 4.79 Å². The lowest BCUT2D eigenvalue weighted by molar-refractivity contribution is -0.115. The number of allylic oxidation sites excluding steroid dienone is 6. The SMILES string of the molecule is CCC1(C)C=C(F)C=C2CCCC(=O)C2=C1. The molecule has 2 aliphatic carbocycles. The maximum Gasteiger partial charge on any atom is 0.162 e. The van der Waals surface area contributed by atoms with Crippen molar-refractivity contribution in [3.05, 3.63) is 35.2 Å². The van der Waals surface area contributed by atoms with Crippen molar-refractivity contribution in [3.63, 3.8) is 0 Å². The van der Waals surface area contributed by atoms with E-state index in [0.717, 1.165) is 30.4 Å². The van der Waals surface area contributed by atoms with Crippen LogP contribution in [0.4, 0.5) is 4.39 Å². The van der Waals surface area contributed by atoms with Gasteiger partial charge in [-0.2, -0.15) is 0 Å². The Morgan fingerprint density at radius 2 is 2.12 bits per heavy atom. The molecule has 1 fully saturated rings. The van der Waals surface area contributed by atoms with Gasteiger partial charge in [0.2, 0.25) is 0 Å². The lowest BCUT2D eigenvalue weighted by Gasteiger charge is -2.22. The lowest BCUT2D eigenvalue weighted by Crippen LogP contribution is -2.15. The number of rotatable bonds is 1. The van der Waals surface area contributed by atoms with Crippen LogP contribution < -0.4 is 0 Å².